The second-order valence-corrected chi connectivity index (χ2v) is 6.10. The van der Waals surface area contributed by atoms with Gasteiger partial charge in [0.25, 0.3) is 5.69 Å². The lowest BCUT2D eigenvalue weighted by molar-refractivity contribution is -0.384. The molecule has 28 heavy (non-hydrogen) atoms. The molecule has 1 aliphatic heterocycles. The molecule has 10 heteroatoms. The number of non-ortho nitro benzene ring substituents is 1. The summed E-state index contributed by atoms with van der Waals surface area (Å²) in [6, 6.07) is 6.39. The third-order valence-corrected chi connectivity index (χ3v) is 4.09. The predicted molar refractivity (Wildman–Crippen MR) is 96.0 cm³/mol. The Bertz CT molecular complexity index is 959. The SMILES string of the molecule is COC(=O)c1cc(C(=O)OCc2cc(Cl)c3c(c2)OCCO3)cc([N+](=O)[O-])c1. The predicted octanol–water partition coefficient (Wildman–Crippen LogP) is 3.16. The van der Waals surface area contributed by atoms with E-state index in [2.05, 4.69) is 4.74 Å². The van der Waals surface area contributed by atoms with Crippen LogP contribution < -0.4 is 9.47 Å². The molecular weight excluding hydrogens is 394 g/mol. The summed E-state index contributed by atoms with van der Waals surface area (Å²) in [4.78, 5) is 34.4. The number of methoxy groups -OCH3 is 1. The maximum Gasteiger partial charge on any atom is 0.338 e. The molecule has 0 aliphatic carbocycles. The van der Waals surface area contributed by atoms with E-state index >= 15 is 0 Å². The van der Waals surface area contributed by atoms with Crippen molar-refractivity contribution < 1.29 is 33.5 Å². The van der Waals surface area contributed by atoms with Gasteiger partial charge < -0.3 is 18.9 Å². The van der Waals surface area contributed by atoms with Crippen LogP contribution in [0.1, 0.15) is 26.3 Å². The minimum atomic E-state index is -0.847. The summed E-state index contributed by atoms with van der Waals surface area (Å²) in [7, 11) is 1.13. The number of carbonyl (C=O) groups is 2. The summed E-state index contributed by atoms with van der Waals surface area (Å²) in [6.45, 7) is 0.596. The van der Waals surface area contributed by atoms with Gasteiger partial charge >= 0.3 is 11.9 Å². The summed E-state index contributed by atoms with van der Waals surface area (Å²) in [5, 5.41) is 11.4. The van der Waals surface area contributed by atoms with Crippen molar-refractivity contribution in [1.82, 2.24) is 0 Å². The summed E-state index contributed by atoms with van der Waals surface area (Å²) >= 11 is 6.14. The van der Waals surface area contributed by atoms with Gasteiger partial charge in [0, 0.05) is 12.1 Å². The highest BCUT2D eigenvalue weighted by Gasteiger charge is 2.20. The molecule has 2 aromatic carbocycles. The number of halogens is 1. The zero-order chi connectivity index (χ0) is 20.3. The standard InChI is InChI=1S/C18H14ClNO8/c1-25-17(21)11-6-12(8-13(7-11)20(23)24)18(22)28-9-10-4-14(19)16-15(5-10)26-2-3-27-16/h4-8H,2-3,9H2,1H3. The molecule has 0 radical (unpaired) electrons. The minimum Gasteiger partial charge on any atom is -0.486 e. The van der Waals surface area contributed by atoms with Crippen molar-refractivity contribution in [3.8, 4) is 11.5 Å². The van der Waals surface area contributed by atoms with Crippen molar-refractivity contribution in [3.05, 3.63) is 62.2 Å². The minimum absolute atomic E-state index is 0.133. The van der Waals surface area contributed by atoms with Gasteiger partial charge in [-0.2, -0.15) is 0 Å². The Morgan fingerprint density at radius 2 is 1.79 bits per heavy atom. The molecule has 1 aliphatic rings. The Labute approximate surface area is 163 Å². The molecule has 0 atom stereocenters. The van der Waals surface area contributed by atoms with Crippen LogP contribution >= 0.6 is 11.6 Å². The zero-order valence-electron chi connectivity index (χ0n) is 14.6. The van der Waals surface area contributed by atoms with E-state index in [1.54, 1.807) is 12.1 Å². The number of esters is 2. The molecule has 9 nitrogen and oxygen atoms in total. The van der Waals surface area contributed by atoms with Gasteiger partial charge in [0.15, 0.2) is 11.5 Å². The lowest BCUT2D eigenvalue weighted by Crippen LogP contribution is -2.16. The van der Waals surface area contributed by atoms with Crippen LogP contribution in [0.4, 0.5) is 5.69 Å². The molecule has 0 spiro atoms. The Morgan fingerprint density at radius 3 is 2.46 bits per heavy atom. The number of ether oxygens (including phenoxy) is 4. The van der Waals surface area contributed by atoms with Crippen molar-refractivity contribution in [2.24, 2.45) is 0 Å². The fourth-order valence-corrected chi connectivity index (χ4v) is 2.84. The van der Waals surface area contributed by atoms with E-state index in [0.717, 1.165) is 25.3 Å². The van der Waals surface area contributed by atoms with Gasteiger partial charge in [-0.15, -0.1) is 0 Å². The molecule has 146 valence electrons. The molecule has 0 saturated carbocycles. The number of hydrogen-bond donors (Lipinski definition) is 0. The first-order chi connectivity index (χ1) is 13.4. The highest BCUT2D eigenvalue weighted by Crippen LogP contribution is 2.38. The van der Waals surface area contributed by atoms with Crippen LogP contribution in [0.5, 0.6) is 11.5 Å². The van der Waals surface area contributed by atoms with E-state index in [9.17, 15) is 19.7 Å². The molecule has 0 saturated heterocycles. The fraction of sp³-hybridized carbons (Fsp3) is 0.222. The Balaban J connectivity index is 1.80. The van der Waals surface area contributed by atoms with E-state index in [-0.39, 0.29) is 17.7 Å². The smallest absolute Gasteiger partial charge is 0.338 e. The average molecular weight is 408 g/mol. The lowest BCUT2D eigenvalue weighted by Gasteiger charge is -2.20. The molecular formula is C18H14ClNO8. The van der Waals surface area contributed by atoms with E-state index in [1.807, 2.05) is 0 Å². The van der Waals surface area contributed by atoms with Crippen LogP contribution in [-0.4, -0.2) is 37.2 Å². The molecule has 0 amide bonds. The number of nitro groups is 1. The third-order valence-electron chi connectivity index (χ3n) is 3.81. The lowest BCUT2D eigenvalue weighted by atomic mass is 10.1. The largest absolute Gasteiger partial charge is 0.486 e. The van der Waals surface area contributed by atoms with Gasteiger partial charge in [-0.1, -0.05) is 11.6 Å². The van der Waals surface area contributed by atoms with E-state index in [0.29, 0.717) is 35.3 Å². The highest BCUT2D eigenvalue weighted by atomic mass is 35.5. The van der Waals surface area contributed by atoms with E-state index < -0.39 is 22.5 Å². The maximum absolute atomic E-state index is 12.3. The Hall–Kier alpha value is -3.33. The molecule has 0 N–H and O–H groups in total. The van der Waals surface area contributed by atoms with Crippen molar-refractivity contribution in [3.63, 3.8) is 0 Å². The highest BCUT2D eigenvalue weighted by molar-refractivity contribution is 6.32. The number of nitro benzene ring substituents is 1. The number of benzene rings is 2. The van der Waals surface area contributed by atoms with Gasteiger partial charge in [-0.3, -0.25) is 10.1 Å². The molecule has 0 fully saturated rings. The number of carbonyl (C=O) groups excluding carboxylic acids is 2. The number of rotatable bonds is 5. The first kappa shape index (κ1) is 19.4. The third kappa shape index (κ3) is 4.15. The molecule has 0 bridgehead atoms. The van der Waals surface area contributed by atoms with Crippen molar-refractivity contribution in [2.45, 2.75) is 6.61 Å². The number of hydrogen-bond acceptors (Lipinski definition) is 8. The van der Waals surface area contributed by atoms with Crippen molar-refractivity contribution >= 4 is 29.2 Å². The Morgan fingerprint density at radius 1 is 1.11 bits per heavy atom. The topological polar surface area (TPSA) is 114 Å². The van der Waals surface area contributed by atoms with Crippen molar-refractivity contribution in [1.29, 1.82) is 0 Å². The normalized spacial score (nSPS) is 12.2. The number of fused-ring (bicyclic) bond motifs is 1. The monoisotopic (exact) mass is 407 g/mol. The number of nitrogens with zero attached hydrogens (tertiary/aromatic N) is 1. The maximum atomic E-state index is 12.3. The summed E-state index contributed by atoms with van der Waals surface area (Å²) in [5.41, 5.74) is -0.178. The van der Waals surface area contributed by atoms with Crippen LogP contribution in [0.25, 0.3) is 0 Å². The van der Waals surface area contributed by atoms with Gasteiger partial charge in [-0.25, -0.2) is 9.59 Å². The Kier molecular flexibility index (Phi) is 5.65. The van der Waals surface area contributed by atoms with Gasteiger partial charge in [0.05, 0.1) is 28.2 Å². The van der Waals surface area contributed by atoms with Crippen molar-refractivity contribution in [2.75, 3.05) is 20.3 Å². The first-order valence-electron chi connectivity index (χ1n) is 8.02. The molecule has 0 unspecified atom stereocenters. The quantitative estimate of drug-likeness (QED) is 0.421. The zero-order valence-corrected chi connectivity index (χ0v) is 15.4. The van der Waals surface area contributed by atoms with E-state index in [4.69, 9.17) is 25.8 Å². The fourth-order valence-electron chi connectivity index (χ4n) is 2.55. The molecule has 0 aromatic heterocycles. The van der Waals surface area contributed by atoms with Gasteiger partial charge in [0.2, 0.25) is 0 Å². The second kappa shape index (κ2) is 8.13. The average Bonchev–Trinajstić information content (AvgIpc) is 2.71. The van der Waals surface area contributed by atoms with Crippen LogP contribution in [0.3, 0.4) is 0 Å². The summed E-state index contributed by atoms with van der Waals surface area (Å²) in [5.74, 6) is -0.797. The van der Waals surface area contributed by atoms with E-state index in [1.165, 1.54) is 0 Å². The van der Waals surface area contributed by atoms with Gasteiger partial charge in [0.1, 0.15) is 19.8 Å². The van der Waals surface area contributed by atoms with Crippen LogP contribution in [0, 0.1) is 10.1 Å². The summed E-state index contributed by atoms with van der Waals surface area (Å²) < 4.78 is 20.6. The van der Waals surface area contributed by atoms with Crippen LogP contribution in [0.15, 0.2) is 30.3 Å². The van der Waals surface area contributed by atoms with Crippen LogP contribution in [-0.2, 0) is 16.1 Å². The molecule has 2 aromatic rings. The summed E-state index contributed by atoms with van der Waals surface area (Å²) in [6.07, 6.45) is 0. The molecule has 1 heterocycles. The van der Waals surface area contributed by atoms with Crippen LogP contribution in [0.2, 0.25) is 5.02 Å². The first-order valence-corrected chi connectivity index (χ1v) is 8.40. The molecule has 3 rings (SSSR count). The second-order valence-electron chi connectivity index (χ2n) is 5.70. The van der Waals surface area contributed by atoms with Gasteiger partial charge in [-0.05, 0) is 23.8 Å².